The first-order valence-corrected chi connectivity index (χ1v) is 12.4. The van der Waals surface area contributed by atoms with Crippen LogP contribution in [0.2, 0.25) is 0 Å². The number of carboxylic acids is 1. The first-order valence-electron chi connectivity index (χ1n) is 9.48. The van der Waals surface area contributed by atoms with Gasteiger partial charge in [-0.1, -0.05) is 18.2 Å². The molecule has 1 aliphatic carbocycles. The smallest absolute Gasteiger partial charge is 0.336 e. The number of carboxylic acid groups (broad SMARTS) is 1. The van der Waals surface area contributed by atoms with Crippen molar-refractivity contribution in [2.24, 2.45) is 0 Å². The summed E-state index contributed by atoms with van der Waals surface area (Å²) in [6.07, 6.45) is 0. The highest BCUT2D eigenvalue weighted by Gasteiger charge is 2.31. The largest absolute Gasteiger partial charge is 0.478 e. The summed E-state index contributed by atoms with van der Waals surface area (Å²) in [5.74, 6) is -1.82. The van der Waals surface area contributed by atoms with Crippen molar-refractivity contribution in [1.82, 2.24) is 4.72 Å². The van der Waals surface area contributed by atoms with Crippen molar-refractivity contribution in [3.8, 4) is 22.5 Å². The molecule has 0 atom stereocenters. The van der Waals surface area contributed by atoms with E-state index in [0.717, 1.165) is 13.1 Å². The van der Waals surface area contributed by atoms with Crippen LogP contribution in [0.4, 0.5) is 5.69 Å². The summed E-state index contributed by atoms with van der Waals surface area (Å²) in [4.78, 5) is 10.5. The second kappa shape index (κ2) is 7.92. The normalized spacial score (nSPS) is 12.3. The number of anilines is 1. The average molecular weight is 504 g/mol. The first-order chi connectivity index (χ1) is 15.9. The van der Waals surface area contributed by atoms with Gasteiger partial charge in [0.2, 0.25) is 10.0 Å². The van der Waals surface area contributed by atoms with Crippen LogP contribution in [-0.4, -0.2) is 39.5 Å². The molecule has 0 unspecified atom stereocenters. The van der Waals surface area contributed by atoms with E-state index in [-0.39, 0.29) is 38.9 Å². The molecular formula is C21H17N3O8S2. The molecule has 34 heavy (non-hydrogen) atoms. The highest BCUT2D eigenvalue weighted by atomic mass is 32.2. The van der Waals surface area contributed by atoms with E-state index in [9.17, 15) is 31.3 Å². The van der Waals surface area contributed by atoms with Crippen molar-refractivity contribution in [2.75, 3.05) is 12.8 Å². The summed E-state index contributed by atoms with van der Waals surface area (Å²) in [6.45, 7) is 0. The standard InChI is InChI=1S/C21H17N3O8S2/c1-24-33(27,28)19-14(22)8-6-12-16(10-4-2-3-5-11(10)21(25)26)13-7-9-15(23)20(34(29,30)31)18(13)32-17(12)19/h2-9,23-24H,22H2,1H3,(H,25,26)(H,29,30,31). The molecule has 0 spiro atoms. The fourth-order valence-corrected chi connectivity index (χ4v) is 5.51. The van der Waals surface area contributed by atoms with E-state index in [1.165, 1.54) is 36.4 Å². The fraction of sp³-hybridized carbons (Fsp3) is 0.0476. The number of benzene rings is 3. The fourth-order valence-electron chi connectivity index (χ4n) is 3.80. The monoisotopic (exact) mass is 503 g/mol. The van der Waals surface area contributed by atoms with E-state index < -0.39 is 47.0 Å². The van der Waals surface area contributed by atoms with Crippen LogP contribution in [0.3, 0.4) is 0 Å². The Morgan fingerprint density at radius 2 is 1.68 bits per heavy atom. The highest BCUT2D eigenvalue weighted by Crippen LogP contribution is 2.45. The Hall–Kier alpha value is -3.78. The SMILES string of the molecule is CNS(=O)(=O)c1c(N)ccc2c(-c3ccccc3C(=O)O)c3ccc(=N)c(S(=O)(=O)O)c-3oc12. The summed E-state index contributed by atoms with van der Waals surface area (Å²) in [5.41, 5.74) is 5.44. The van der Waals surface area contributed by atoms with E-state index in [1.54, 1.807) is 6.07 Å². The average Bonchev–Trinajstić information content (AvgIpc) is 2.76. The predicted molar refractivity (Wildman–Crippen MR) is 122 cm³/mol. The minimum absolute atomic E-state index is 0.0300. The number of carbonyl (C=O) groups is 1. The van der Waals surface area contributed by atoms with E-state index in [4.69, 9.17) is 15.6 Å². The summed E-state index contributed by atoms with van der Waals surface area (Å²) < 4.78 is 67.6. The van der Waals surface area contributed by atoms with Gasteiger partial charge in [-0.25, -0.2) is 17.9 Å². The number of nitrogens with one attached hydrogen (secondary N) is 2. The van der Waals surface area contributed by atoms with Crippen LogP contribution in [0.25, 0.3) is 33.4 Å². The van der Waals surface area contributed by atoms with Crippen LogP contribution in [0.1, 0.15) is 10.4 Å². The maximum Gasteiger partial charge on any atom is 0.336 e. The number of aromatic carboxylic acids is 1. The van der Waals surface area contributed by atoms with Gasteiger partial charge in [-0.2, -0.15) is 8.42 Å². The second-order valence-corrected chi connectivity index (χ2v) is 10.4. The Morgan fingerprint density at radius 1 is 1.00 bits per heavy atom. The molecule has 2 aromatic carbocycles. The lowest BCUT2D eigenvalue weighted by atomic mass is 9.90. The molecule has 0 amide bonds. The quantitative estimate of drug-likeness (QED) is 0.154. The van der Waals surface area contributed by atoms with E-state index in [1.807, 2.05) is 0 Å². The molecule has 176 valence electrons. The minimum atomic E-state index is -5.01. The number of sulfonamides is 1. The van der Waals surface area contributed by atoms with Gasteiger partial charge in [0.05, 0.1) is 16.6 Å². The molecule has 1 aliphatic heterocycles. The number of nitrogens with two attached hydrogens (primary N) is 1. The van der Waals surface area contributed by atoms with Gasteiger partial charge >= 0.3 is 5.97 Å². The number of hydrogen-bond donors (Lipinski definition) is 5. The van der Waals surface area contributed by atoms with E-state index in [0.29, 0.717) is 0 Å². The topological polar surface area (TPSA) is 201 Å². The summed E-state index contributed by atoms with van der Waals surface area (Å²) >= 11 is 0. The van der Waals surface area contributed by atoms with Gasteiger partial charge in [-0.05, 0) is 42.9 Å². The van der Waals surface area contributed by atoms with Crippen LogP contribution in [0, 0.1) is 5.41 Å². The number of rotatable bonds is 5. The van der Waals surface area contributed by atoms with Gasteiger partial charge in [-0.3, -0.25) is 9.96 Å². The lowest BCUT2D eigenvalue weighted by Gasteiger charge is -2.20. The van der Waals surface area contributed by atoms with Crippen molar-refractivity contribution in [3.63, 3.8) is 0 Å². The van der Waals surface area contributed by atoms with Gasteiger partial charge < -0.3 is 15.3 Å². The zero-order valence-electron chi connectivity index (χ0n) is 17.4. The maximum absolute atomic E-state index is 12.8. The Balaban J connectivity index is 2.40. The van der Waals surface area contributed by atoms with Crippen LogP contribution in [0.5, 0.6) is 0 Å². The van der Waals surface area contributed by atoms with Crippen molar-refractivity contribution < 1.29 is 35.7 Å². The van der Waals surface area contributed by atoms with Gasteiger partial charge in [0, 0.05) is 16.5 Å². The third kappa shape index (κ3) is 3.60. The summed E-state index contributed by atoms with van der Waals surface area (Å²) in [6, 6.07) is 11.0. The van der Waals surface area contributed by atoms with Crippen molar-refractivity contribution in [3.05, 3.63) is 59.5 Å². The molecule has 6 N–H and O–H groups in total. The number of nitrogen functional groups attached to an aromatic ring is 1. The molecule has 2 aromatic rings. The van der Waals surface area contributed by atoms with Crippen LogP contribution >= 0.6 is 0 Å². The third-order valence-corrected chi connectivity index (χ3v) is 7.64. The summed E-state index contributed by atoms with van der Waals surface area (Å²) in [7, 11) is -8.12. The molecule has 13 heteroatoms. The highest BCUT2D eigenvalue weighted by molar-refractivity contribution is 7.89. The molecule has 0 saturated heterocycles. The van der Waals surface area contributed by atoms with E-state index >= 15 is 0 Å². The van der Waals surface area contributed by atoms with Crippen molar-refractivity contribution in [1.29, 1.82) is 5.41 Å². The maximum atomic E-state index is 12.8. The van der Waals surface area contributed by atoms with Gasteiger partial charge in [0.1, 0.15) is 4.90 Å². The molecular weight excluding hydrogens is 486 g/mol. The Labute approximate surface area is 193 Å². The van der Waals surface area contributed by atoms with Crippen LogP contribution < -0.4 is 15.8 Å². The Kier molecular flexibility index (Phi) is 5.44. The Morgan fingerprint density at radius 3 is 2.29 bits per heavy atom. The molecule has 2 aliphatic rings. The van der Waals surface area contributed by atoms with Crippen molar-refractivity contribution in [2.45, 2.75) is 9.79 Å². The van der Waals surface area contributed by atoms with Crippen molar-refractivity contribution >= 4 is 42.8 Å². The molecule has 0 saturated carbocycles. The predicted octanol–water partition coefficient (Wildman–Crippen LogP) is 2.12. The number of fused-ring (bicyclic) bond motifs is 2. The molecule has 1 heterocycles. The van der Waals surface area contributed by atoms with Crippen LogP contribution in [-0.2, 0) is 20.1 Å². The summed E-state index contributed by atoms with van der Waals surface area (Å²) in [5, 5.41) is 17.3. The third-order valence-electron chi connectivity index (χ3n) is 5.22. The molecule has 0 bridgehead atoms. The molecule has 4 rings (SSSR count). The van der Waals surface area contributed by atoms with E-state index in [2.05, 4.69) is 4.72 Å². The Bertz CT molecular complexity index is 1740. The van der Waals surface area contributed by atoms with Gasteiger partial charge in [0.25, 0.3) is 10.1 Å². The molecule has 0 radical (unpaired) electrons. The lowest BCUT2D eigenvalue weighted by Crippen LogP contribution is -2.21. The first kappa shape index (κ1) is 23.4. The second-order valence-electron chi connectivity index (χ2n) is 7.19. The number of hydrogen-bond acceptors (Lipinski definition) is 8. The minimum Gasteiger partial charge on any atom is -0.478 e. The zero-order chi connectivity index (χ0) is 25.0. The molecule has 0 aromatic heterocycles. The zero-order valence-corrected chi connectivity index (χ0v) is 19.0. The van der Waals surface area contributed by atoms with Gasteiger partial charge in [0.15, 0.2) is 16.2 Å². The van der Waals surface area contributed by atoms with Gasteiger partial charge in [-0.15, -0.1) is 0 Å². The lowest BCUT2D eigenvalue weighted by molar-refractivity contribution is 0.0697. The molecule has 0 fully saturated rings. The van der Waals surface area contributed by atoms with Crippen LogP contribution in [0.15, 0.2) is 62.7 Å². The molecule has 11 nitrogen and oxygen atoms in total.